The van der Waals surface area contributed by atoms with Crippen molar-refractivity contribution in [2.75, 3.05) is 20.5 Å². The number of amides is 1. The molecular formula is C5H10N2O3. The van der Waals surface area contributed by atoms with E-state index in [4.69, 9.17) is 0 Å². The van der Waals surface area contributed by atoms with Crippen LogP contribution in [0.5, 0.6) is 0 Å². The number of methoxy groups -OCH3 is 1. The van der Waals surface area contributed by atoms with E-state index < -0.39 is 0 Å². The van der Waals surface area contributed by atoms with Gasteiger partial charge in [0.25, 0.3) is 5.91 Å². The summed E-state index contributed by atoms with van der Waals surface area (Å²) in [5.74, 6) is -0.341. The van der Waals surface area contributed by atoms with E-state index in [0.29, 0.717) is 0 Å². The Labute approximate surface area is 59.0 Å². The Morgan fingerprint density at radius 1 is 1.80 bits per heavy atom. The Kier molecular flexibility index (Phi) is 5.60. The Hall–Kier alpha value is -0.940. The molecule has 1 N–H and O–H groups in total. The van der Waals surface area contributed by atoms with Crippen molar-refractivity contribution in [3.63, 3.8) is 0 Å². The van der Waals surface area contributed by atoms with Crippen molar-refractivity contribution in [3.05, 3.63) is 0 Å². The van der Waals surface area contributed by atoms with Crippen LogP contribution in [0.4, 0.5) is 0 Å². The van der Waals surface area contributed by atoms with Crippen molar-refractivity contribution in [2.24, 2.45) is 5.10 Å². The summed E-state index contributed by atoms with van der Waals surface area (Å²) >= 11 is 0. The van der Waals surface area contributed by atoms with Crippen LogP contribution in [0.1, 0.15) is 0 Å². The molecule has 0 aromatic heterocycles. The van der Waals surface area contributed by atoms with Crippen LogP contribution in [0.25, 0.3) is 0 Å². The number of ether oxygens (including phenoxy) is 2. The number of rotatable bonds is 5. The van der Waals surface area contributed by atoms with Gasteiger partial charge in [-0.3, -0.25) is 4.79 Å². The maximum Gasteiger partial charge on any atom is 0.266 e. The van der Waals surface area contributed by atoms with Gasteiger partial charge in [-0.1, -0.05) is 0 Å². The molecule has 0 fully saturated rings. The van der Waals surface area contributed by atoms with Crippen LogP contribution >= 0.6 is 0 Å². The van der Waals surface area contributed by atoms with E-state index in [-0.39, 0.29) is 19.3 Å². The third kappa shape index (κ3) is 5.20. The average Bonchev–Trinajstić information content (AvgIpc) is 1.89. The fourth-order valence-corrected chi connectivity index (χ4v) is 0.338. The van der Waals surface area contributed by atoms with Crippen molar-refractivity contribution < 1.29 is 14.3 Å². The molecule has 5 nitrogen and oxygen atoms in total. The summed E-state index contributed by atoms with van der Waals surface area (Å²) in [6.07, 6.45) is 0. The van der Waals surface area contributed by atoms with Gasteiger partial charge in [0.05, 0.1) is 0 Å². The summed E-state index contributed by atoms with van der Waals surface area (Å²) in [5, 5.41) is 3.14. The van der Waals surface area contributed by atoms with Gasteiger partial charge >= 0.3 is 0 Å². The molecule has 0 heterocycles. The number of hydrogen-bond donors (Lipinski definition) is 1. The fraction of sp³-hybridized carbons (Fsp3) is 0.600. The van der Waals surface area contributed by atoms with Crippen LogP contribution in [0.2, 0.25) is 0 Å². The third-order valence-corrected chi connectivity index (χ3v) is 0.638. The van der Waals surface area contributed by atoms with Gasteiger partial charge in [-0.05, 0) is 0 Å². The molecule has 0 bridgehead atoms. The molecule has 0 aliphatic carbocycles. The Morgan fingerprint density at radius 3 is 3.00 bits per heavy atom. The first kappa shape index (κ1) is 9.06. The second-order valence-electron chi connectivity index (χ2n) is 1.45. The molecule has 0 saturated carbocycles. The average molecular weight is 146 g/mol. The van der Waals surface area contributed by atoms with E-state index in [2.05, 4.69) is 26.7 Å². The van der Waals surface area contributed by atoms with Crippen LogP contribution in [-0.4, -0.2) is 33.1 Å². The first-order valence-corrected chi connectivity index (χ1v) is 2.62. The van der Waals surface area contributed by atoms with Gasteiger partial charge in [-0.15, -0.1) is 0 Å². The van der Waals surface area contributed by atoms with Crippen molar-refractivity contribution in [2.45, 2.75) is 0 Å². The van der Waals surface area contributed by atoms with Gasteiger partial charge in [0.1, 0.15) is 13.4 Å². The zero-order valence-electron chi connectivity index (χ0n) is 5.79. The topological polar surface area (TPSA) is 59.9 Å². The summed E-state index contributed by atoms with van der Waals surface area (Å²) < 4.78 is 9.20. The monoisotopic (exact) mass is 146 g/mol. The zero-order valence-corrected chi connectivity index (χ0v) is 5.79. The second kappa shape index (κ2) is 6.18. The predicted octanol–water partition coefficient (Wildman–Crippen LogP) is -0.661. The van der Waals surface area contributed by atoms with Crippen molar-refractivity contribution >= 4 is 12.6 Å². The van der Waals surface area contributed by atoms with Gasteiger partial charge in [0.2, 0.25) is 0 Å². The molecule has 0 aliphatic heterocycles. The summed E-state index contributed by atoms with van der Waals surface area (Å²) in [4.78, 5) is 10.5. The molecule has 0 spiro atoms. The van der Waals surface area contributed by atoms with Gasteiger partial charge in [0.15, 0.2) is 0 Å². The number of hydrogen-bond acceptors (Lipinski definition) is 4. The van der Waals surface area contributed by atoms with Crippen molar-refractivity contribution in [1.82, 2.24) is 5.43 Å². The first-order valence-electron chi connectivity index (χ1n) is 2.62. The van der Waals surface area contributed by atoms with E-state index in [0.717, 1.165) is 0 Å². The van der Waals surface area contributed by atoms with E-state index in [1.54, 1.807) is 0 Å². The van der Waals surface area contributed by atoms with Crippen molar-refractivity contribution in [3.8, 4) is 0 Å². The van der Waals surface area contributed by atoms with Crippen molar-refractivity contribution in [1.29, 1.82) is 0 Å². The molecule has 10 heavy (non-hydrogen) atoms. The SMILES string of the molecule is C=NNC(=O)COCOC. The molecule has 0 rings (SSSR count). The molecule has 0 atom stereocenters. The van der Waals surface area contributed by atoms with Crippen LogP contribution in [0.15, 0.2) is 5.10 Å². The number of carbonyl (C=O) groups is 1. The smallest absolute Gasteiger partial charge is 0.266 e. The van der Waals surface area contributed by atoms with E-state index >= 15 is 0 Å². The number of nitrogens with one attached hydrogen (secondary N) is 1. The zero-order chi connectivity index (χ0) is 7.82. The quantitative estimate of drug-likeness (QED) is 0.242. The lowest BCUT2D eigenvalue weighted by molar-refractivity contribution is -0.130. The van der Waals surface area contributed by atoms with Crippen LogP contribution in [0, 0.1) is 0 Å². The maximum atomic E-state index is 10.5. The van der Waals surface area contributed by atoms with Gasteiger partial charge in [-0.25, -0.2) is 5.43 Å². The largest absolute Gasteiger partial charge is 0.359 e. The summed E-state index contributed by atoms with van der Waals surface area (Å²) in [7, 11) is 1.48. The number of nitrogens with zero attached hydrogens (tertiary/aromatic N) is 1. The van der Waals surface area contributed by atoms with Gasteiger partial charge in [-0.2, -0.15) is 5.10 Å². The standard InChI is InChI=1S/C5H10N2O3/c1-6-7-5(8)3-10-4-9-2/h1,3-4H2,2H3,(H,7,8). The number of carbonyl (C=O) groups excluding carboxylic acids is 1. The molecule has 0 aromatic rings. The van der Waals surface area contributed by atoms with E-state index in [1.807, 2.05) is 0 Å². The molecule has 0 aliphatic rings. The second-order valence-corrected chi connectivity index (χ2v) is 1.45. The molecule has 0 unspecified atom stereocenters. The van der Waals surface area contributed by atoms with Gasteiger partial charge < -0.3 is 9.47 Å². The molecule has 1 amide bonds. The Balaban J connectivity index is 3.13. The summed E-state index contributed by atoms with van der Waals surface area (Å²) in [6.45, 7) is 3.10. The normalized spacial score (nSPS) is 8.90. The molecule has 5 heteroatoms. The van der Waals surface area contributed by atoms with Gasteiger partial charge in [0, 0.05) is 13.8 Å². The number of hydrazone groups is 1. The highest BCUT2D eigenvalue weighted by Crippen LogP contribution is 1.74. The van der Waals surface area contributed by atoms with E-state index in [9.17, 15) is 4.79 Å². The lowest BCUT2D eigenvalue weighted by Crippen LogP contribution is -2.22. The minimum absolute atomic E-state index is 0.0626. The highest BCUT2D eigenvalue weighted by atomic mass is 16.7. The molecular weight excluding hydrogens is 136 g/mol. The highest BCUT2D eigenvalue weighted by molar-refractivity contribution is 5.77. The van der Waals surface area contributed by atoms with Crippen LogP contribution in [0.3, 0.4) is 0 Å². The van der Waals surface area contributed by atoms with Crippen LogP contribution < -0.4 is 5.43 Å². The molecule has 0 aromatic carbocycles. The minimum Gasteiger partial charge on any atom is -0.359 e. The summed E-state index contributed by atoms with van der Waals surface area (Å²) in [6, 6.07) is 0. The molecule has 0 radical (unpaired) electrons. The lowest BCUT2D eigenvalue weighted by atomic mass is 10.7. The Bertz CT molecular complexity index is 115. The maximum absolute atomic E-state index is 10.5. The first-order chi connectivity index (χ1) is 4.81. The van der Waals surface area contributed by atoms with E-state index in [1.165, 1.54) is 7.11 Å². The molecule has 58 valence electrons. The predicted molar refractivity (Wildman–Crippen MR) is 35.5 cm³/mol. The Morgan fingerprint density at radius 2 is 2.50 bits per heavy atom. The highest BCUT2D eigenvalue weighted by Gasteiger charge is 1.96. The summed E-state index contributed by atoms with van der Waals surface area (Å²) in [5.41, 5.74) is 2.10. The lowest BCUT2D eigenvalue weighted by Gasteiger charge is -1.99. The van der Waals surface area contributed by atoms with Crippen LogP contribution in [-0.2, 0) is 14.3 Å². The molecule has 0 saturated heterocycles. The fourth-order valence-electron chi connectivity index (χ4n) is 0.338. The third-order valence-electron chi connectivity index (χ3n) is 0.638. The minimum atomic E-state index is -0.341.